The molecule has 0 spiro atoms. The lowest BCUT2D eigenvalue weighted by atomic mass is 9.38. The largest absolute Gasteiger partial charge is 0.481 e. The van der Waals surface area contributed by atoms with Crippen molar-refractivity contribution in [3.63, 3.8) is 0 Å². The molecule has 88 heavy (non-hydrogen) atoms. The number of nitrogens with one attached hydrogen (secondary N) is 3. The van der Waals surface area contributed by atoms with E-state index in [9.17, 15) is 48.6 Å². The minimum Gasteiger partial charge on any atom is -0.481 e. The summed E-state index contributed by atoms with van der Waals surface area (Å²) in [7, 11) is 3.10. The van der Waals surface area contributed by atoms with Crippen molar-refractivity contribution in [2.75, 3.05) is 45.7 Å². The third-order valence-corrected chi connectivity index (χ3v) is 19.7. The number of benzene rings is 3. The summed E-state index contributed by atoms with van der Waals surface area (Å²) in [6.07, 6.45) is 8.10. The van der Waals surface area contributed by atoms with E-state index in [1.807, 2.05) is 25.1 Å². The Balaban J connectivity index is 0.675. The highest BCUT2D eigenvalue weighted by molar-refractivity contribution is 6.01. The Hall–Kier alpha value is -8.32. The predicted octanol–water partition coefficient (Wildman–Crippen LogP) is 4.95. The van der Waals surface area contributed by atoms with Crippen LogP contribution in [0.25, 0.3) is 11.4 Å². The first-order chi connectivity index (χ1) is 42.0. The number of nitrogens with two attached hydrogens (primary N) is 1. The van der Waals surface area contributed by atoms with Crippen molar-refractivity contribution < 1.29 is 67.5 Å². The molecule has 2 heterocycles. The van der Waals surface area contributed by atoms with E-state index in [4.69, 9.17) is 24.7 Å². The van der Waals surface area contributed by atoms with Gasteiger partial charge in [-0.3, -0.25) is 28.8 Å². The second-order valence-electron chi connectivity index (χ2n) is 25.7. The van der Waals surface area contributed by atoms with Gasteiger partial charge in [-0.25, -0.2) is 9.59 Å². The van der Waals surface area contributed by atoms with Gasteiger partial charge in [0.2, 0.25) is 23.5 Å². The molecule has 1 aliphatic heterocycles. The molecule has 1 saturated heterocycles. The highest BCUT2D eigenvalue weighted by Gasteiger charge is 2.76. The lowest BCUT2D eigenvalue weighted by Gasteiger charge is -2.69. The number of carbonyl (C=O) groups is 8. The maximum Gasteiger partial charge on any atom is 0.409 e. The van der Waals surface area contributed by atoms with Gasteiger partial charge in [-0.05, 0) is 116 Å². The Morgan fingerprint density at radius 2 is 1.53 bits per heavy atom. The maximum absolute atomic E-state index is 14.5. The number of anilines is 1. The number of allylic oxidation sites excluding steroid dienone is 4. The number of aliphatic hydroxyl groups is 1. The van der Waals surface area contributed by atoms with Gasteiger partial charge >= 0.3 is 18.2 Å². The van der Waals surface area contributed by atoms with Gasteiger partial charge < -0.3 is 60.6 Å². The number of hydrogen-bond acceptors (Lipinski definition) is 18. The van der Waals surface area contributed by atoms with Crippen LogP contribution in [0.4, 0.5) is 15.3 Å². The standard InChI is InChI=1S/C64H74N10O14/c1-60-22-21-44(76)26-42(60)15-18-45-46-27-50-64(49(77)31-75,88-57(87-50)41-13-7-38(8-14-41)28-62-33-63(65,34-62)35-62)61(46,2)29-48(54(45)60)86-59(84)74(4)24-23-73(3)58(83)85-32-39-9-16-43(17-10-39)69-56(82)47(19-20-53(80)81)70-52(79)30-66-51(78)25-37-5-11-40(12-6-37)55-71-67-36-68-72-55/h5-14,16-17,21-22,26,36,45-48,50,54,57,75H,15,18-20,23-25,27-35,65H2,1-4H3,(H,66,78)(H,69,82)(H,70,79)(H,80,81)/t45-,46-,47-,48-,50+,54+,57+,60-,61-,62?,63?,64+/m0/s1. The van der Waals surface area contributed by atoms with Crippen LogP contribution in [0.3, 0.4) is 0 Å². The van der Waals surface area contributed by atoms with E-state index in [1.54, 1.807) is 67.7 Å². The number of carboxylic acid groups (broad SMARTS) is 1. The average molecular weight is 1210 g/mol. The fourth-order valence-corrected chi connectivity index (χ4v) is 15.6. The summed E-state index contributed by atoms with van der Waals surface area (Å²) in [5.74, 6) is -3.83. The normalized spacial score (nSPS) is 29.6. The van der Waals surface area contributed by atoms with Gasteiger partial charge in [0.25, 0.3) is 0 Å². The van der Waals surface area contributed by atoms with Crippen LogP contribution in [0.1, 0.15) is 100 Å². The molecule has 0 unspecified atom stereocenters. The van der Waals surface area contributed by atoms with Crippen molar-refractivity contribution in [2.24, 2.45) is 39.7 Å². The molecule has 6 saturated carbocycles. The van der Waals surface area contributed by atoms with Crippen molar-refractivity contribution in [3.05, 3.63) is 125 Å². The van der Waals surface area contributed by atoms with E-state index >= 15 is 0 Å². The lowest BCUT2D eigenvalue weighted by molar-refractivity contribution is -0.201. The highest BCUT2D eigenvalue weighted by atomic mass is 16.7. The summed E-state index contributed by atoms with van der Waals surface area (Å²) in [5, 5.41) is 43.0. The number of aliphatic hydroxyl groups excluding tert-OH is 1. The van der Waals surface area contributed by atoms with Gasteiger partial charge in [-0.1, -0.05) is 86.2 Å². The number of ether oxygens (including phenoxy) is 4. The molecule has 5 amide bonds. The van der Waals surface area contributed by atoms with Crippen molar-refractivity contribution in [1.82, 2.24) is 40.8 Å². The minimum absolute atomic E-state index is 0.0121. The SMILES string of the molecule is CN(CCN(C)C(=O)O[C@H]1C[C@@]2(C)[C@@H](C[C@H]3O[C@@H](c4ccc(CC56CC(N)(C5)C6)cc4)O[C@]32C(=O)CO)[C@@H]2CCC3=CC(=O)C=C[C@]3(C)[C@H]21)C(=O)OCc1ccc(NC(=O)[C@H](CCC(=O)O)NC(=O)CNC(=O)Cc2ccc(-c3nncnn3)cc2)cc1. The first-order valence-corrected chi connectivity index (χ1v) is 29.9. The quantitative estimate of drug-likeness (QED) is 0.0606. The van der Waals surface area contributed by atoms with E-state index in [2.05, 4.69) is 55.4 Å². The molecular formula is C64H74N10O14. The highest BCUT2D eigenvalue weighted by Crippen LogP contribution is 2.71. The van der Waals surface area contributed by atoms with E-state index < -0.39 is 102 Å². The number of rotatable bonds is 22. The van der Waals surface area contributed by atoms with Crippen LogP contribution in [-0.4, -0.2) is 158 Å². The number of carboxylic acids is 1. The van der Waals surface area contributed by atoms with Gasteiger partial charge in [0.15, 0.2) is 29.8 Å². The molecule has 464 valence electrons. The van der Waals surface area contributed by atoms with Crippen molar-refractivity contribution in [3.8, 4) is 11.4 Å². The van der Waals surface area contributed by atoms with E-state index in [1.165, 1.54) is 28.7 Å². The smallest absolute Gasteiger partial charge is 0.409 e. The predicted molar refractivity (Wildman–Crippen MR) is 314 cm³/mol. The summed E-state index contributed by atoms with van der Waals surface area (Å²) >= 11 is 0. The molecule has 0 radical (unpaired) electrons. The molecule has 12 rings (SSSR count). The number of hydrogen-bond donors (Lipinski definition) is 6. The summed E-state index contributed by atoms with van der Waals surface area (Å²) in [5.41, 5.74) is 8.57. The van der Waals surface area contributed by atoms with Crippen LogP contribution in [0.15, 0.2) is 103 Å². The van der Waals surface area contributed by atoms with Crippen LogP contribution >= 0.6 is 0 Å². The van der Waals surface area contributed by atoms with Gasteiger partial charge in [-0.15, -0.1) is 20.4 Å². The zero-order chi connectivity index (χ0) is 62.3. The van der Waals surface area contributed by atoms with Crippen LogP contribution in [-0.2, 0) is 67.2 Å². The van der Waals surface area contributed by atoms with Crippen molar-refractivity contribution in [2.45, 2.75) is 127 Å². The fourth-order valence-electron chi connectivity index (χ4n) is 15.6. The van der Waals surface area contributed by atoms with Gasteiger partial charge in [-0.2, -0.15) is 0 Å². The van der Waals surface area contributed by atoms with Gasteiger partial charge in [0, 0.05) is 72.7 Å². The molecule has 7 N–H and O–H groups in total. The second-order valence-corrected chi connectivity index (χ2v) is 25.7. The molecule has 1 aromatic heterocycles. The molecule has 10 atom stereocenters. The first kappa shape index (κ1) is 61.3. The Labute approximate surface area is 508 Å². The molecular weight excluding hydrogens is 1130 g/mol. The van der Waals surface area contributed by atoms with Crippen LogP contribution in [0, 0.1) is 34.0 Å². The zero-order valence-corrected chi connectivity index (χ0v) is 49.6. The van der Waals surface area contributed by atoms with Crippen LogP contribution in [0.5, 0.6) is 0 Å². The number of likely N-dealkylation sites (N-methyl/N-ethyl adjacent to an activating group) is 2. The van der Waals surface area contributed by atoms with Crippen molar-refractivity contribution >= 4 is 53.1 Å². The first-order valence-electron chi connectivity index (χ1n) is 29.9. The zero-order valence-electron chi connectivity index (χ0n) is 49.6. The fraction of sp³-hybridized carbons (Fsp3) is 0.500. The Bertz CT molecular complexity index is 3420. The van der Waals surface area contributed by atoms with Gasteiger partial charge in [0.05, 0.1) is 19.1 Å². The topological polar surface area (TPSA) is 334 Å². The lowest BCUT2D eigenvalue weighted by Crippen LogP contribution is -2.72. The van der Waals surface area contributed by atoms with E-state index in [0.717, 1.165) is 36.8 Å². The number of carbonyl (C=O) groups excluding carboxylic acids is 7. The summed E-state index contributed by atoms with van der Waals surface area (Å²) in [6.45, 7) is 2.82. The van der Waals surface area contributed by atoms with Crippen LogP contribution in [0.2, 0.25) is 0 Å². The number of nitrogens with zero attached hydrogens (tertiary/aromatic N) is 6. The third kappa shape index (κ3) is 12.1. The second kappa shape index (κ2) is 24.3. The Kier molecular flexibility index (Phi) is 17.0. The molecule has 4 aromatic rings. The number of amides is 5. The van der Waals surface area contributed by atoms with Crippen LogP contribution < -0.4 is 21.7 Å². The Morgan fingerprint density at radius 3 is 2.20 bits per heavy atom. The average Bonchev–Trinajstić information content (AvgIpc) is 1.33. The molecule has 8 aliphatic rings. The third-order valence-electron chi connectivity index (χ3n) is 19.7. The number of aliphatic carboxylic acids is 1. The molecule has 7 aliphatic carbocycles. The number of ketones is 2. The molecule has 24 heteroatoms. The van der Waals surface area contributed by atoms with Crippen molar-refractivity contribution in [1.29, 1.82) is 0 Å². The minimum atomic E-state index is -1.55. The molecule has 3 aromatic carbocycles. The summed E-state index contributed by atoms with van der Waals surface area (Å²) in [6, 6.07) is 20.0. The number of aromatic nitrogens is 4. The number of fused-ring (bicyclic) bond motifs is 7. The monoisotopic (exact) mass is 1210 g/mol. The molecule has 2 bridgehead atoms. The van der Waals surface area contributed by atoms with E-state index in [0.29, 0.717) is 47.5 Å². The summed E-state index contributed by atoms with van der Waals surface area (Å²) < 4.78 is 25.9. The molecule has 7 fully saturated rings. The van der Waals surface area contributed by atoms with E-state index in [-0.39, 0.29) is 73.4 Å². The maximum atomic E-state index is 14.5. The van der Waals surface area contributed by atoms with Gasteiger partial charge in [0.1, 0.15) is 25.4 Å². The summed E-state index contributed by atoms with van der Waals surface area (Å²) in [4.78, 5) is 108. The number of Topliss-reactive ketones (excluding diaryl/α,β-unsaturated/α-hetero) is 1. The molecule has 24 nitrogen and oxygen atoms in total. The Morgan fingerprint density at radius 1 is 0.864 bits per heavy atom.